The largest absolute Gasteiger partial charge is 0.465 e. The van der Waals surface area contributed by atoms with Gasteiger partial charge >= 0.3 is 5.97 Å². The summed E-state index contributed by atoms with van der Waals surface area (Å²) in [7, 11) is 0. The van der Waals surface area contributed by atoms with Crippen LogP contribution < -0.4 is 5.32 Å². The number of pyridine rings is 1. The molecular formula is C33H48FN3O2. The third-order valence-electron chi connectivity index (χ3n) is 8.53. The first kappa shape index (κ1) is 29.5. The molecule has 1 saturated carbocycles. The van der Waals surface area contributed by atoms with Crippen LogP contribution in [0.4, 0.5) is 4.39 Å². The number of rotatable bonds is 13. The third kappa shape index (κ3) is 8.03. The monoisotopic (exact) mass is 537 g/mol. The van der Waals surface area contributed by atoms with E-state index in [2.05, 4.69) is 43.2 Å². The van der Waals surface area contributed by atoms with Crippen LogP contribution >= 0.6 is 0 Å². The molecule has 1 saturated heterocycles. The number of unbranched alkanes of at least 4 members (excludes halogenated alkanes) is 2. The van der Waals surface area contributed by atoms with Crippen LogP contribution in [-0.2, 0) is 9.53 Å². The second kappa shape index (κ2) is 13.7. The average Bonchev–Trinajstić information content (AvgIpc) is 3.69. The molecule has 3 heterocycles. The van der Waals surface area contributed by atoms with Crippen molar-refractivity contribution >= 4 is 5.97 Å². The van der Waals surface area contributed by atoms with Crippen LogP contribution in [0.5, 0.6) is 0 Å². The molecule has 5 nitrogen and oxygen atoms in total. The van der Waals surface area contributed by atoms with Crippen LogP contribution in [0.25, 0.3) is 0 Å². The van der Waals surface area contributed by atoms with Crippen molar-refractivity contribution in [3.63, 3.8) is 0 Å². The van der Waals surface area contributed by atoms with E-state index in [1.165, 1.54) is 28.8 Å². The molecule has 2 atom stereocenters. The fourth-order valence-corrected chi connectivity index (χ4v) is 6.04. The summed E-state index contributed by atoms with van der Waals surface area (Å²) < 4.78 is 21.5. The van der Waals surface area contributed by atoms with Crippen molar-refractivity contribution in [2.75, 3.05) is 26.2 Å². The minimum Gasteiger partial charge on any atom is -0.465 e. The molecule has 0 radical (unpaired) electrons. The number of carbonyl (C=O) groups is 1. The van der Waals surface area contributed by atoms with Gasteiger partial charge in [-0.15, -0.1) is 0 Å². The number of halogens is 1. The Bertz CT molecular complexity index is 1090. The van der Waals surface area contributed by atoms with Gasteiger partial charge < -0.3 is 10.1 Å². The van der Waals surface area contributed by atoms with E-state index in [-0.39, 0.29) is 12.5 Å². The zero-order valence-corrected chi connectivity index (χ0v) is 24.5. The number of hydrogen-bond donors (Lipinski definition) is 1. The number of nitrogens with zero attached hydrogens (tertiary/aromatic N) is 2. The van der Waals surface area contributed by atoms with Gasteiger partial charge in [0.05, 0.1) is 6.61 Å². The van der Waals surface area contributed by atoms with Crippen molar-refractivity contribution < 1.29 is 13.9 Å². The molecular weight excluding hydrogens is 489 g/mol. The molecule has 0 bridgehead atoms. The Labute approximate surface area is 235 Å². The van der Waals surface area contributed by atoms with Crippen molar-refractivity contribution in [3.05, 3.63) is 64.2 Å². The number of esters is 1. The van der Waals surface area contributed by atoms with Gasteiger partial charge in [0, 0.05) is 48.7 Å². The van der Waals surface area contributed by atoms with E-state index < -0.39 is 11.7 Å². The quantitative estimate of drug-likeness (QED) is 0.161. The molecule has 4 rings (SSSR count). The van der Waals surface area contributed by atoms with Gasteiger partial charge in [-0.05, 0) is 96.3 Å². The van der Waals surface area contributed by atoms with Crippen molar-refractivity contribution in [1.82, 2.24) is 15.2 Å². The first-order chi connectivity index (χ1) is 18.8. The lowest BCUT2D eigenvalue weighted by Crippen LogP contribution is -2.37. The van der Waals surface area contributed by atoms with Gasteiger partial charge in [0.2, 0.25) is 0 Å². The van der Waals surface area contributed by atoms with E-state index in [1.54, 1.807) is 6.20 Å². The van der Waals surface area contributed by atoms with E-state index >= 15 is 4.39 Å². The summed E-state index contributed by atoms with van der Waals surface area (Å²) in [4.78, 5) is 19.7. The minimum absolute atomic E-state index is 0.278. The van der Waals surface area contributed by atoms with Gasteiger partial charge in [0.15, 0.2) is 0 Å². The molecule has 39 heavy (non-hydrogen) atoms. The topological polar surface area (TPSA) is 54.5 Å². The number of aromatic nitrogens is 1. The number of carbonyl (C=O) groups excluding carboxylic acids is 1. The number of likely N-dealkylation sites (tertiary alicyclic amines) is 1. The third-order valence-corrected chi connectivity index (χ3v) is 8.53. The Morgan fingerprint density at radius 2 is 2.13 bits per heavy atom. The first-order valence-corrected chi connectivity index (χ1v) is 15.1. The maximum absolute atomic E-state index is 16.0. The zero-order chi connectivity index (χ0) is 27.8. The summed E-state index contributed by atoms with van der Waals surface area (Å²) >= 11 is 0. The van der Waals surface area contributed by atoms with E-state index in [0.29, 0.717) is 31.9 Å². The normalized spacial score (nSPS) is 22.7. The van der Waals surface area contributed by atoms with Gasteiger partial charge in [-0.25, -0.2) is 9.18 Å². The molecule has 1 aromatic heterocycles. The predicted molar refractivity (Wildman–Crippen MR) is 156 cm³/mol. The van der Waals surface area contributed by atoms with Crippen molar-refractivity contribution in [2.45, 2.75) is 110 Å². The molecule has 214 valence electrons. The van der Waals surface area contributed by atoms with Gasteiger partial charge in [-0.1, -0.05) is 36.6 Å². The Morgan fingerprint density at radius 3 is 2.85 bits per heavy atom. The lowest BCUT2D eigenvalue weighted by molar-refractivity contribution is -0.149. The summed E-state index contributed by atoms with van der Waals surface area (Å²) in [5.74, 6) is 0.130. The molecule has 3 aliphatic rings. The Morgan fingerprint density at radius 1 is 1.31 bits per heavy atom. The van der Waals surface area contributed by atoms with Crippen LogP contribution in [-0.4, -0.2) is 47.8 Å². The standard InChI is InChI=1S/C33H48FN3O2/c1-5-39-32(38)31(29-13-10-21-36-30(29)28-16-17-28)37-22-19-33(34,23-37)18-8-6-7-11-26(24(2)3)14-15-27-12-9-20-35-25(27)4/h10,13-15,21,28,31,35H,5-9,11-12,16-20,22-23H2,1-4H3/b15-14-. The molecule has 1 aliphatic carbocycles. The molecule has 6 heteroatoms. The number of nitrogens with one attached hydrogen (secondary N) is 1. The number of ether oxygens (including phenoxy) is 1. The highest BCUT2D eigenvalue weighted by molar-refractivity contribution is 5.78. The number of allylic oxidation sites excluding steroid dienone is 6. The highest BCUT2D eigenvalue weighted by Gasteiger charge is 2.44. The molecule has 0 amide bonds. The molecule has 0 aromatic carbocycles. The SMILES string of the molecule is CCOC(=O)C(c1cccnc1C1CC1)N1CCC(F)(CCCCCC(/C=C\C2=C(C)NCCC2)=C(C)C)C1. The van der Waals surface area contributed by atoms with E-state index in [0.717, 1.165) is 62.7 Å². The second-order valence-corrected chi connectivity index (χ2v) is 11.9. The highest BCUT2D eigenvalue weighted by Crippen LogP contribution is 2.44. The molecule has 2 aliphatic heterocycles. The molecule has 2 fully saturated rings. The van der Waals surface area contributed by atoms with Crippen LogP contribution in [0, 0.1) is 0 Å². The Hall–Kier alpha value is -2.47. The average molecular weight is 538 g/mol. The van der Waals surface area contributed by atoms with Crippen LogP contribution in [0.2, 0.25) is 0 Å². The summed E-state index contributed by atoms with van der Waals surface area (Å²) in [6.07, 6.45) is 15.9. The highest BCUT2D eigenvalue weighted by atomic mass is 19.1. The van der Waals surface area contributed by atoms with E-state index in [4.69, 9.17) is 4.74 Å². The van der Waals surface area contributed by atoms with Gasteiger partial charge in [-0.3, -0.25) is 9.88 Å². The van der Waals surface area contributed by atoms with Crippen molar-refractivity contribution in [2.24, 2.45) is 0 Å². The smallest absolute Gasteiger partial charge is 0.328 e. The van der Waals surface area contributed by atoms with Crippen molar-refractivity contribution in [1.29, 1.82) is 0 Å². The van der Waals surface area contributed by atoms with Gasteiger partial charge in [0.1, 0.15) is 11.7 Å². The van der Waals surface area contributed by atoms with Crippen LogP contribution in [0.3, 0.4) is 0 Å². The molecule has 2 unspecified atom stereocenters. The van der Waals surface area contributed by atoms with Gasteiger partial charge in [-0.2, -0.15) is 0 Å². The maximum Gasteiger partial charge on any atom is 0.328 e. The number of hydrogen-bond acceptors (Lipinski definition) is 5. The summed E-state index contributed by atoms with van der Waals surface area (Å²) in [5, 5.41) is 3.46. The van der Waals surface area contributed by atoms with Crippen LogP contribution in [0.1, 0.15) is 115 Å². The summed E-state index contributed by atoms with van der Waals surface area (Å²) in [6.45, 7) is 10.6. The molecule has 1 aromatic rings. The fraction of sp³-hybridized carbons (Fsp3) is 0.636. The number of alkyl halides is 1. The predicted octanol–water partition coefficient (Wildman–Crippen LogP) is 7.48. The van der Waals surface area contributed by atoms with E-state index in [1.807, 2.05) is 24.0 Å². The first-order valence-electron chi connectivity index (χ1n) is 15.1. The Kier molecular flexibility index (Phi) is 10.4. The minimum atomic E-state index is -1.26. The summed E-state index contributed by atoms with van der Waals surface area (Å²) in [5.41, 5.74) is 6.07. The summed E-state index contributed by atoms with van der Waals surface area (Å²) in [6, 6.07) is 3.29. The zero-order valence-electron chi connectivity index (χ0n) is 24.5. The second-order valence-electron chi connectivity index (χ2n) is 11.9. The molecule has 0 spiro atoms. The maximum atomic E-state index is 16.0. The Balaban J connectivity index is 1.30. The fourth-order valence-electron chi connectivity index (χ4n) is 6.04. The molecule has 1 N–H and O–H groups in total. The van der Waals surface area contributed by atoms with Crippen molar-refractivity contribution in [3.8, 4) is 0 Å². The van der Waals surface area contributed by atoms with Crippen LogP contribution in [0.15, 0.2) is 52.9 Å². The lowest BCUT2D eigenvalue weighted by atomic mass is 9.95. The lowest BCUT2D eigenvalue weighted by Gasteiger charge is -2.28. The van der Waals surface area contributed by atoms with E-state index in [9.17, 15) is 4.79 Å². The van der Waals surface area contributed by atoms with Gasteiger partial charge in [0.25, 0.3) is 0 Å².